The lowest BCUT2D eigenvalue weighted by Crippen LogP contribution is -2.51. The van der Waals surface area contributed by atoms with Crippen LogP contribution in [0.3, 0.4) is 0 Å². The second-order valence-corrected chi connectivity index (χ2v) is 11.7. The molecule has 0 aromatic heterocycles. The molecule has 0 heterocycles. The van der Waals surface area contributed by atoms with Crippen LogP contribution in [0.4, 0.5) is 0 Å². The number of amides is 1. The molecule has 4 bridgehead atoms. The first kappa shape index (κ1) is 21.8. The summed E-state index contributed by atoms with van der Waals surface area (Å²) < 4.78 is 0. The van der Waals surface area contributed by atoms with Gasteiger partial charge < -0.3 is 10.6 Å². The quantitative estimate of drug-likeness (QED) is 0.474. The summed E-state index contributed by atoms with van der Waals surface area (Å²) in [4.78, 5) is 13.0. The van der Waals surface area contributed by atoms with Gasteiger partial charge in [0.25, 0.3) is 5.91 Å². The molecule has 5 aliphatic carbocycles. The molecule has 5 aliphatic rings. The van der Waals surface area contributed by atoms with E-state index in [1.165, 1.54) is 76.2 Å². The predicted octanol–water partition coefficient (Wildman–Crippen LogP) is 6.14. The topological polar surface area (TPSA) is 41.1 Å². The lowest BCUT2D eigenvalue weighted by Gasteiger charge is -2.56. The Labute approximate surface area is 193 Å². The summed E-state index contributed by atoms with van der Waals surface area (Å²) in [5.74, 6) is 2.76. The van der Waals surface area contributed by atoms with Crippen molar-refractivity contribution in [3.63, 3.8) is 0 Å². The minimum atomic E-state index is 0.0166. The summed E-state index contributed by atoms with van der Waals surface area (Å²) in [6, 6.07) is 6.73. The van der Waals surface area contributed by atoms with Crippen molar-refractivity contribution in [3.05, 3.63) is 34.3 Å². The fourth-order valence-corrected chi connectivity index (χ4v) is 7.88. The summed E-state index contributed by atoms with van der Waals surface area (Å²) >= 11 is 6.44. The summed E-state index contributed by atoms with van der Waals surface area (Å²) in [6.07, 6.45) is 17.2. The molecule has 170 valence electrons. The maximum Gasteiger partial charge on any atom is 0.252 e. The van der Waals surface area contributed by atoms with E-state index in [9.17, 15) is 4.79 Å². The Morgan fingerprint density at radius 3 is 2.35 bits per heavy atom. The number of hydrogen-bond donors (Lipinski definition) is 2. The van der Waals surface area contributed by atoms with E-state index >= 15 is 0 Å². The number of aryl methyl sites for hydroxylation is 1. The van der Waals surface area contributed by atoms with E-state index in [4.69, 9.17) is 11.6 Å². The number of halogens is 1. The van der Waals surface area contributed by atoms with Gasteiger partial charge in [-0.1, -0.05) is 36.9 Å². The first-order chi connectivity index (χ1) is 15.1. The van der Waals surface area contributed by atoms with E-state index in [1.54, 1.807) is 0 Å². The molecule has 2 N–H and O–H groups in total. The lowest BCUT2D eigenvalue weighted by molar-refractivity contribution is -0.0503. The van der Waals surface area contributed by atoms with Gasteiger partial charge in [0, 0.05) is 12.6 Å². The summed E-state index contributed by atoms with van der Waals surface area (Å²) in [5, 5.41) is 7.59. The van der Waals surface area contributed by atoms with Gasteiger partial charge in [0.1, 0.15) is 0 Å². The molecule has 0 atom stereocenters. The molecule has 4 heteroatoms. The molecule has 1 aromatic rings. The Bertz CT molecular complexity index is 750. The molecule has 1 aromatic carbocycles. The highest BCUT2D eigenvalue weighted by Gasteiger charge is 2.50. The normalized spacial score (nSPS) is 32.4. The largest absolute Gasteiger partial charge is 0.351 e. The van der Waals surface area contributed by atoms with Gasteiger partial charge in [-0.05, 0) is 112 Å². The van der Waals surface area contributed by atoms with Gasteiger partial charge in [-0.25, -0.2) is 0 Å². The molecule has 5 fully saturated rings. The molecule has 0 spiro atoms. The minimum Gasteiger partial charge on any atom is -0.351 e. The average molecular weight is 443 g/mol. The molecule has 0 saturated heterocycles. The van der Waals surface area contributed by atoms with Crippen LogP contribution in [0, 0.1) is 23.2 Å². The molecule has 5 saturated carbocycles. The number of rotatable bonds is 8. The average Bonchev–Trinajstić information content (AvgIpc) is 2.76. The van der Waals surface area contributed by atoms with E-state index in [2.05, 4.69) is 16.7 Å². The summed E-state index contributed by atoms with van der Waals surface area (Å²) in [7, 11) is 0. The van der Waals surface area contributed by atoms with Gasteiger partial charge in [-0.2, -0.15) is 0 Å². The fourth-order valence-electron chi connectivity index (χ4n) is 7.68. The SMILES string of the molecule is O=C(NCC12CC3CC(CC(C3)C1)C2)c1cc(CCCNC2CCCCC2)ccc1Cl. The molecule has 0 aliphatic heterocycles. The van der Waals surface area contributed by atoms with Crippen LogP contribution in [-0.4, -0.2) is 25.0 Å². The molecule has 0 radical (unpaired) electrons. The van der Waals surface area contributed by atoms with Crippen molar-refractivity contribution < 1.29 is 4.79 Å². The van der Waals surface area contributed by atoms with Gasteiger partial charge in [-0.15, -0.1) is 0 Å². The second kappa shape index (κ2) is 9.43. The van der Waals surface area contributed by atoms with Gasteiger partial charge in [0.2, 0.25) is 0 Å². The van der Waals surface area contributed by atoms with Crippen molar-refractivity contribution >= 4 is 17.5 Å². The van der Waals surface area contributed by atoms with Gasteiger partial charge in [0.15, 0.2) is 0 Å². The van der Waals surface area contributed by atoms with Crippen LogP contribution in [-0.2, 0) is 6.42 Å². The third kappa shape index (κ3) is 5.14. The van der Waals surface area contributed by atoms with Gasteiger partial charge >= 0.3 is 0 Å². The van der Waals surface area contributed by atoms with Gasteiger partial charge in [-0.3, -0.25) is 4.79 Å². The fraction of sp³-hybridized carbons (Fsp3) is 0.741. The standard InChI is InChI=1S/C27H39ClN2O/c28-25-9-8-19(5-4-10-29-23-6-2-1-3-7-23)14-24(25)26(31)30-18-27-15-20-11-21(16-27)13-22(12-20)17-27/h8-9,14,20-23,29H,1-7,10-13,15-18H2,(H,30,31). The molecule has 3 nitrogen and oxygen atoms in total. The highest BCUT2D eigenvalue weighted by molar-refractivity contribution is 6.33. The van der Waals surface area contributed by atoms with E-state index in [-0.39, 0.29) is 5.91 Å². The number of carbonyl (C=O) groups excluding carboxylic acids is 1. The van der Waals surface area contributed by atoms with E-state index in [1.807, 2.05) is 12.1 Å². The van der Waals surface area contributed by atoms with Crippen molar-refractivity contribution in [3.8, 4) is 0 Å². The van der Waals surface area contributed by atoms with Crippen molar-refractivity contribution in [2.45, 2.75) is 89.5 Å². The Hall–Kier alpha value is -1.06. The zero-order valence-electron chi connectivity index (χ0n) is 18.9. The zero-order chi connectivity index (χ0) is 21.3. The highest BCUT2D eigenvalue weighted by Crippen LogP contribution is 2.59. The maximum absolute atomic E-state index is 13.0. The lowest BCUT2D eigenvalue weighted by atomic mass is 9.49. The summed E-state index contributed by atoms with van der Waals surface area (Å²) in [6.45, 7) is 1.89. The number of nitrogens with one attached hydrogen (secondary N) is 2. The molecular formula is C27H39ClN2O. The molecule has 0 unspecified atom stereocenters. The van der Waals surface area contributed by atoms with E-state index in [0.717, 1.165) is 43.7 Å². The van der Waals surface area contributed by atoms with Crippen molar-refractivity contribution in [1.82, 2.24) is 10.6 Å². The summed E-state index contributed by atoms with van der Waals surface area (Å²) in [5.41, 5.74) is 2.23. The molecule has 31 heavy (non-hydrogen) atoms. The number of benzene rings is 1. The highest BCUT2D eigenvalue weighted by atomic mass is 35.5. The first-order valence-electron chi connectivity index (χ1n) is 12.9. The van der Waals surface area contributed by atoms with E-state index in [0.29, 0.717) is 22.0 Å². The molecule has 1 amide bonds. The zero-order valence-corrected chi connectivity index (χ0v) is 19.7. The molecule has 6 rings (SSSR count). The third-order valence-electron chi connectivity index (χ3n) is 8.74. The monoisotopic (exact) mass is 442 g/mol. The van der Waals surface area contributed by atoms with Crippen molar-refractivity contribution in [2.75, 3.05) is 13.1 Å². The van der Waals surface area contributed by atoms with Crippen molar-refractivity contribution in [2.24, 2.45) is 23.2 Å². The van der Waals surface area contributed by atoms with Gasteiger partial charge in [0.05, 0.1) is 10.6 Å². The Kier molecular flexibility index (Phi) is 6.62. The van der Waals surface area contributed by atoms with Crippen LogP contribution in [0.1, 0.15) is 93.0 Å². The Morgan fingerprint density at radius 2 is 1.68 bits per heavy atom. The number of hydrogen-bond acceptors (Lipinski definition) is 2. The smallest absolute Gasteiger partial charge is 0.252 e. The number of carbonyl (C=O) groups is 1. The third-order valence-corrected chi connectivity index (χ3v) is 9.07. The van der Waals surface area contributed by atoms with E-state index < -0.39 is 0 Å². The Balaban J connectivity index is 1.13. The second-order valence-electron chi connectivity index (χ2n) is 11.3. The predicted molar refractivity (Wildman–Crippen MR) is 128 cm³/mol. The van der Waals surface area contributed by atoms with Crippen LogP contribution >= 0.6 is 11.6 Å². The van der Waals surface area contributed by atoms with Crippen molar-refractivity contribution in [1.29, 1.82) is 0 Å². The van der Waals surface area contributed by atoms with Crippen LogP contribution in [0.5, 0.6) is 0 Å². The van der Waals surface area contributed by atoms with Crippen LogP contribution in [0.2, 0.25) is 5.02 Å². The first-order valence-corrected chi connectivity index (χ1v) is 13.3. The van der Waals surface area contributed by atoms with Crippen LogP contribution in [0.15, 0.2) is 18.2 Å². The Morgan fingerprint density at radius 1 is 1.00 bits per heavy atom. The van der Waals surface area contributed by atoms with Crippen LogP contribution < -0.4 is 10.6 Å². The maximum atomic E-state index is 13.0. The molecular weight excluding hydrogens is 404 g/mol. The van der Waals surface area contributed by atoms with Crippen LogP contribution in [0.25, 0.3) is 0 Å². The minimum absolute atomic E-state index is 0.0166.